The first-order valence-electron chi connectivity index (χ1n) is 7.15. The number of fused-ring (bicyclic) bond motifs is 1. The molecule has 0 aromatic rings. The van der Waals surface area contributed by atoms with Crippen LogP contribution in [-0.4, -0.2) is 35.6 Å². The average molecular weight is 237 g/mol. The molecule has 2 atom stereocenters. The summed E-state index contributed by atoms with van der Waals surface area (Å²) in [4.78, 5) is 14.0. The Kier molecular flexibility index (Phi) is 2.89. The van der Waals surface area contributed by atoms with E-state index in [0.29, 0.717) is 0 Å². The maximum Gasteiger partial charge on any atom is 0.310 e. The third kappa shape index (κ3) is 1.99. The van der Waals surface area contributed by atoms with Gasteiger partial charge in [-0.3, -0.25) is 4.79 Å². The maximum absolute atomic E-state index is 11.5. The summed E-state index contributed by atoms with van der Waals surface area (Å²) in [5.74, 6) is 1.21. The lowest BCUT2D eigenvalue weighted by molar-refractivity contribution is -0.149. The normalized spacial score (nSPS) is 36.2. The summed E-state index contributed by atoms with van der Waals surface area (Å²) in [6.45, 7) is 3.15. The van der Waals surface area contributed by atoms with Crippen molar-refractivity contribution < 1.29 is 9.90 Å². The molecule has 96 valence electrons. The molecule has 0 bridgehead atoms. The van der Waals surface area contributed by atoms with Gasteiger partial charge < -0.3 is 10.0 Å². The molecule has 2 saturated carbocycles. The van der Waals surface area contributed by atoms with Crippen LogP contribution in [0.1, 0.15) is 44.9 Å². The Labute approximate surface area is 103 Å². The molecule has 17 heavy (non-hydrogen) atoms. The largest absolute Gasteiger partial charge is 0.481 e. The topological polar surface area (TPSA) is 40.5 Å². The molecule has 0 aromatic carbocycles. The van der Waals surface area contributed by atoms with E-state index < -0.39 is 11.4 Å². The van der Waals surface area contributed by atoms with Gasteiger partial charge >= 0.3 is 5.97 Å². The number of hydrogen-bond acceptors (Lipinski definition) is 2. The number of aliphatic carboxylic acids is 1. The predicted octanol–water partition coefficient (Wildman–Crippen LogP) is 2.36. The second kappa shape index (κ2) is 4.27. The SMILES string of the molecule is O=C(O)C1(CN2CC3CCCC3C2)CCCC1. The second-order valence-electron chi connectivity index (χ2n) is 6.44. The molecule has 1 saturated heterocycles. The maximum atomic E-state index is 11.5. The molecule has 1 heterocycles. The first-order valence-corrected chi connectivity index (χ1v) is 7.15. The van der Waals surface area contributed by atoms with E-state index in [-0.39, 0.29) is 0 Å². The molecule has 0 radical (unpaired) electrons. The zero-order chi connectivity index (χ0) is 11.9. The summed E-state index contributed by atoms with van der Waals surface area (Å²) in [5.41, 5.74) is -0.404. The van der Waals surface area contributed by atoms with Crippen molar-refractivity contribution >= 4 is 5.97 Å². The molecule has 3 aliphatic rings. The van der Waals surface area contributed by atoms with E-state index in [1.165, 1.54) is 32.4 Å². The van der Waals surface area contributed by atoms with E-state index in [1.54, 1.807) is 0 Å². The highest BCUT2D eigenvalue weighted by atomic mass is 16.4. The van der Waals surface area contributed by atoms with Gasteiger partial charge in [0.1, 0.15) is 0 Å². The first-order chi connectivity index (χ1) is 8.20. The highest BCUT2D eigenvalue weighted by Crippen LogP contribution is 2.43. The number of likely N-dealkylation sites (tertiary alicyclic amines) is 1. The van der Waals surface area contributed by atoms with E-state index in [2.05, 4.69) is 4.90 Å². The summed E-state index contributed by atoms with van der Waals surface area (Å²) in [6, 6.07) is 0. The number of rotatable bonds is 3. The molecule has 0 amide bonds. The Morgan fingerprint density at radius 3 is 2.24 bits per heavy atom. The van der Waals surface area contributed by atoms with Crippen molar-refractivity contribution in [3.8, 4) is 0 Å². The van der Waals surface area contributed by atoms with Crippen molar-refractivity contribution in [3.63, 3.8) is 0 Å². The van der Waals surface area contributed by atoms with Gasteiger partial charge in [0.15, 0.2) is 0 Å². The number of nitrogens with zero attached hydrogens (tertiary/aromatic N) is 1. The van der Waals surface area contributed by atoms with Gasteiger partial charge in [0, 0.05) is 19.6 Å². The summed E-state index contributed by atoms with van der Waals surface area (Å²) in [5, 5.41) is 9.50. The molecule has 2 aliphatic carbocycles. The van der Waals surface area contributed by atoms with Gasteiger partial charge in [0.2, 0.25) is 0 Å². The molecular formula is C14H23NO2. The molecule has 0 aromatic heterocycles. The quantitative estimate of drug-likeness (QED) is 0.819. The molecule has 3 nitrogen and oxygen atoms in total. The lowest BCUT2D eigenvalue weighted by atomic mass is 9.85. The first kappa shape index (κ1) is 11.5. The number of hydrogen-bond donors (Lipinski definition) is 1. The van der Waals surface area contributed by atoms with Crippen LogP contribution in [0.2, 0.25) is 0 Å². The fourth-order valence-corrected chi connectivity index (χ4v) is 4.38. The Hall–Kier alpha value is -0.570. The van der Waals surface area contributed by atoms with E-state index >= 15 is 0 Å². The molecule has 3 rings (SSSR count). The van der Waals surface area contributed by atoms with E-state index in [4.69, 9.17) is 0 Å². The van der Waals surface area contributed by atoms with Crippen molar-refractivity contribution in [2.24, 2.45) is 17.3 Å². The molecule has 3 fully saturated rings. The Morgan fingerprint density at radius 2 is 1.71 bits per heavy atom. The Bertz CT molecular complexity index is 297. The smallest absolute Gasteiger partial charge is 0.310 e. The fraction of sp³-hybridized carbons (Fsp3) is 0.929. The lowest BCUT2D eigenvalue weighted by Crippen LogP contribution is -2.40. The summed E-state index contributed by atoms with van der Waals surface area (Å²) in [7, 11) is 0. The van der Waals surface area contributed by atoms with Gasteiger partial charge in [-0.1, -0.05) is 19.3 Å². The number of carboxylic acid groups (broad SMARTS) is 1. The zero-order valence-electron chi connectivity index (χ0n) is 10.5. The molecular weight excluding hydrogens is 214 g/mol. The Balaban J connectivity index is 1.64. The van der Waals surface area contributed by atoms with Gasteiger partial charge in [-0.25, -0.2) is 0 Å². The van der Waals surface area contributed by atoms with Gasteiger partial charge in [-0.05, 0) is 37.5 Å². The molecule has 2 unspecified atom stereocenters. The van der Waals surface area contributed by atoms with Crippen LogP contribution in [0.4, 0.5) is 0 Å². The minimum Gasteiger partial charge on any atom is -0.481 e. The van der Waals surface area contributed by atoms with Crippen molar-refractivity contribution in [3.05, 3.63) is 0 Å². The van der Waals surface area contributed by atoms with Gasteiger partial charge in [-0.15, -0.1) is 0 Å². The highest BCUT2D eigenvalue weighted by molar-refractivity contribution is 5.75. The van der Waals surface area contributed by atoms with Crippen molar-refractivity contribution in [2.45, 2.75) is 44.9 Å². The number of carbonyl (C=O) groups is 1. The van der Waals surface area contributed by atoms with Gasteiger partial charge in [0.05, 0.1) is 5.41 Å². The second-order valence-corrected chi connectivity index (χ2v) is 6.44. The summed E-state index contributed by atoms with van der Waals surface area (Å²) < 4.78 is 0. The third-order valence-corrected chi connectivity index (χ3v) is 5.34. The van der Waals surface area contributed by atoms with Crippen LogP contribution in [0.3, 0.4) is 0 Å². The van der Waals surface area contributed by atoms with Crippen LogP contribution in [-0.2, 0) is 4.79 Å². The highest BCUT2D eigenvalue weighted by Gasteiger charge is 2.45. The van der Waals surface area contributed by atoms with Crippen LogP contribution in [0.15, 0.2) is 0 Å². The summed E-state index contributed by atoms with van der Waals surface area (Å²) >= 11 is 0. The van der Waals surface area contributed by atoms with Gasteiger partial charge in [0.25, 0.3) is 0 Å². The Morgan fingerprint density at radius 1 is 1.12 bits per heavy atom. The van der Waals surface area contributed by atoms with Crippen LogP contribution in [0.5, 0.6) is 0 Å². The van der Waals surface area contributed by atoms with Crippen molar-refractivity contribution in [2.75, 3.05) is 19.6 Å². The third-order valence-electron chi connectivity index (χ3n) is 5.34. The van der Waals surface area contributed by atoms with E-state index in [0.717, 1.165) is 44.1 Å². The van der Waals surface area contributed by atoms with Crippen LogP contribution >= 0.6 is 0 Å². The van der Waals surface area contributed by atoms with E-state index in [1.807, 2.05) is 0 Å². The average Bonchev–Trinajstić information content (AvgIpc) is 2.92. The molecule has 1 aliphatic heterocycles. The van der Waals surface area contributed by atoms with Gasteiger partial charge in [-0.2, -0.15) is 0 Å². The molecule has 3 heteroatoms. The van der Waals surface area contributed by atoms with E-state index in [9.17, 15) is 9.90 Å². The molecule has 1 N–H and O–H groups in total. The lowest BCUT2D eigenvalue weighted by Gasteiger charge is -2.29. The fourth-order valence-electron chi connectivity index (χ4n) is 4.38. The standard InChI is InChI=1S/C14H23NO2/c16-13(17)14(6-1-2-7-14)10-15-8-11-4-3-5-12(11)9-15/h11-12H,1-10H2,(H,16,17). The van der Waals surface area contributed by atoms with Crippen LogP contribution in [0, 0.1) is 17.3 Å². The summed E-state index contributed by atoms with van der Waals surface area (Å²) in [6.07, 6.45) is 8.15. The molecule has 0 spiro atoms. The van der Waals surface area contributed by atoms with Crippen LogP contribution < -0.4 is 0 Å². The zero-order valence-corrected chi connectivity index (χ0v) is 10.5. The van der Waals surface area contributed by atoms with Crippen molar-refractivity contribution in [1.29, 1.82) is 0 Å². The van der Waals surface area contributed by atoms with Crippen molar-refractivity contribution in [1.82, 2.24) is 4.90 Å². The minimum absolute atomic E-state index is 0.404. The van der Waals surface area contributed by atoms with Crippen LogP contribution in [0.25, 0.3) is 0 Å². The predicted molar refractivity (Wildman–Crippen MR) is 65.8 cm³/mol. The monoisotopic (exact) mass is 237 g/mol. The number of carboxylic acids is 1. The minimum atomic E-state index is -0.549.